The molecule has 0 saturated carbocycles. The van der Waals surface area contributed by atoms with Gasteiger partial charge < -0.3 is 15.3 Å². The Labute approximate surface area is 179 Å². The van der Waals surface area contributed by atoms with Gasteiger partial charge in [-0.1, -0.05) is 59.8 Å². The first-order valence-electron chi connectivity index (χ1n) is 9.70. The fourth-order valence-electron chi connectivity index (χ4n) is 3.04. The van der Waals surface area contributed by atoms with Gasteiger partial charge in [-0.3, -0.25) is 5.41 Å². The number of amidine groups is 1. The van der Waals surface area contributed by atoms with Gasteiger partial charge in [0.25, 0.3) is 0 Å². The second-order valence-corrected chi connectivity index (χ2v) is 6.81. The van der Waals surface area contributed by atoms with E-state index in [9.17, 15) is 0 Å². The van der Waals surface area contributed by atoms with E-state index in [2.05, 4.69) is 15.3 Å². The van der Waals surface area contributed by atoms with Crippen molar-refractivity contribution in [3.63, 3.8) is 0 Å². The summed E-state index contributed by atoms with van der Waals surface area (Å²) in [5, 5.41) is 15.5. The summed E-state index contributed by atoms with van der Waals surface area (Å²) in [6, 6.07) is 26.9. The summed E-state index contributed by atoms with van der Waals surface area (Å²) >= 11 is 0. The van der Waals surface area contributed by atoms with Gasteiger partial charge in [0.15, 0.2) is 5.84 Å². The smallest absolute Gasteiger partial charge is 0.176 e. The molecule has 0 saturated heterocycles. The van der Waals surface area contributed by atoms with Crippen LogP contribution >= 0.6 is 0 Å². The zero-order valence-electron chi connectivity index (χ0n) is 16.7. The monoisotopic (exact) mass is 411 g/mol. The van der Waals surface area contributed by atoms with Crippen molar-refractivity contribution in [3.05, 3.63) is 102 Å². The van der Waals surface area contributed by atoms with Crippen LogP contribution in [0.5, 0.6) is 11.5 Å². The molecule has 0 aliphatic rings. The predicted molar refractivity (Wildman–Crippen MR) is 119 cm³/mol. The van der Waals surface area contributed by atoms with Gasteiger partial charge >= 0.3 is 0 Å². The molecule has 0 radical (unpaired) electrons. The van der Waals surface area contributed by atoms with Crippen LogP contribution in [0.15, 0.2) is 95.3 Å². The van der Waals surface area contributed by atoms with Crippen LogP contribution in [0.4, 0.5) is 0 Å². The molecule has 7 heteroatoms. The summed E-state index contributed by atoms with van der Waals surface area (Å²) in [5.41, 5.74) is 3.42. The SMILES string of the molecule is N=C(N=NN)c1ccc(COc2cccc(OCc3ccc4ccccc4n3)c2)cc1. The number of rotatable bonds is 7. The second-order valence-electron chi connectivity index (χ2n) is 6.81. The highest BCUT2D eigenvalue weighted by atomic mass is 16.5. The molecule has 4 aromatic rings. The summed E-state index contributed by atoms with van der Waals surface area (Å²) in [7, 11) is 0. The summed E-state index contributed by atoms with van der Waals surface area (Å²) in [5.74, 6) is 6.41. The van der Waals surface area contributed by atoms with E-state index >= 15 is 0 Å². The van der Waals surface area contributed by atoms with Crippen LogP contribution in [0.25, 0.3) is 10.9 Å². The summed E-state index contributed by atoms with van der Waals surface area (Å²) in [6.45, 7) is 0.767. The normalized spacial score (nSPS) is 11.0. The number of nitrogens with zero attached hydrogens (tertiary/aromatic N) is 3. The minimum absolute atomic E-state index is 0.0146. The van der Waals surface area contributed by atoms with Crippen LogP contribution in [-0.4, -0.2) is 10.8 Å². The fourth-order valence-corrected chi connectivity index (χ4v) is 3.04. The summed E-state index contributed by atoms with van der Waals surface area (Å²) < 4.78 is 11.8. The van der Waals surface area contributed by atoms with Gasteiger partial charge in [-0.25, -0.2) is 4.98 Å². The van der Waals surface area contributed by atoms with Gasteiger partial charge in [0.1, 0.15) is 24.7 Å². The molecule has 0 unspecified atom stereocenters. The number of ether oxygens (including phenoxy) is 2. The average Bonchev–Trinajstić information content (AvgIpc) is 2.82. The number of hydrogen-bond acceptors (Lipinski definition) is 5. The van der Waals surface area contributed by atoms with E-state index in [1.165, 1.54) is 0 Å². The van der Waals surface area contributed by atoms with E-state index in [-0.39, 0.29) is 5.84 Å². The highest BCUT2D eigenvalue weighted by molar-refractivity contribution is 5.96. The Morgan fingerprint density at radius 2 is 1.58 bits per heavy atom. The maximum absolute atomic E-state index is 7.71. The van der Waals surface area contributed by atoms with Gasteiger partial charge in [-0.15, -0.1) is 5.11 Å². The first-order valence-corrected chi connectivity index (χ1v) is 9.70. The third-order valence-corrected chi connectivity index (χ3v) is 4.64. The molecule has 3 N–H and O–H groups in total. The van der Waals surface area contributed by atoms with E-state index in [1.54, 1.807) is 12.1 Å². The number of aromatic nitrogens is 1. The fraction of sp³-hybridized carbons (Fsp3) is 0.0833. The number of pyridine rings is 1. The van der Waals surface area contributed by atoms with E-state index in [0.29, 0.717) is 30.3 Å². The van der Waals surface area contributed by atoms with Gasteiger partial charge in [-0.2, -0.15) is 0 Å². The standard InChI is InChI=1S/C24H21N5O2/c25-24(28-29-26)19-10-8-17(9-11-19)15-30-21-5-3-6-22(14-21)31-16-20-13-12-18-4-1-2-7-23(18)27-20/h1-14H,15-16H2,(H3,25,26,28). The minimum Gasteiger partial charge on any atom is -0.489 e. The molecular formula is C24H21N5O2. The molecule has 0 bridgehead atoms. The quantitative estimate of drug-likeness (QED) is 0.146. The molecule has 1 aromatic heterocycles. The number of nitrogens with one attached hydrogen (secondary N) is 1. The molecule has 4 rings (SSSR count). The molecule has 0 aliphatic carbocycles. The molecule has 7 nitrogen and oxygen atoms in total. The lowest BCUT2D eigenvalue weighted by Crippen LogP contribution is -2.00. The Bertz CT molecular complexity index is 1220. The number of nitrogens with two attached hydrogens (primary N) is 1. The molecule has 3 aromatic carbocycles. The summed E-state index contributed by atoms with van der Waals surface area (Å²) in [6.07, 6.45) is 0. The van der Waals surface area contributed by atoms with Crippen molar-refractivity contribution >= 4 is 16.7 Å². The molecule has 0 fully saturated rings. The van der Waals surface area contributed by atoms with Crippen LogP contribution in [-0.2, 0) is 13.2 Å². The molecule has 154 valence electrons. The van der Waals surface area contributed by atoms with Crippen LogP contribution in [0.3, 0.4) is 0 Å². The lowest BCUT2D eigenvalue weighted by Gasteiger charge is -2.10. The molecule has 0 atom stereocenters. The van der Waals surface area contributed by atoms with Crippen molar-refractivity contribution in [1.82, 2.24) is 4.98 Å². The van der Waals surface area contributed by atoms with Gasteiger partial charge in [0.2, 0.25) is 0 Å². The third-order valence-electron chi connectivity index (χ3n) is 4.64. The van der Waals surface area contributed by atoms with Crippen molar-refractivity contribution in [1.29, 1.82) is 5.41 Å². The molecule has 0 spiro atoms. The minimum atomic E-state index is 0.0146. The first kappa shape index (κ1) is 20.0. The molecular weight excluding hydrogens is 390 g/mol. The number of para-hydroxylation sites is 1. The van der Waals surface area contributed by atoms with Crippen LogP contribution < -0.4 is 15.3 Å². The largest absolute Gasteiger partial charge is 0.489 e. The van der Waals surface area contributed by atoms with Crippen molar-refractivity contribution in [2.24, 2.45) is 16.2 Å². The van der Waals surface area contributed by atoms with Gasteiger partial charge in [-0.05, 0) is 29.8 Å². The van der Waals surface area contributed by atoms with Gasteiger partial charge in [0, 0.05) is 17.0 Å². The number of benzene rings is 3. The van der Waals surface area contributed by atoms with Crippen molar-refractivity contribution < 1.29 is 9.47 Å². The highest BCUT2D eigenvalue weighted by Crippen LogP contribution is 2.22. The third kappa shape index (κ3) is 5.22. The van der Waals surface area contributed by atoms with Gasteiger partial charge in [0.05, 0.1) is 11.2 Å². The Morgan fingerprint density at radius 1 is 0.839 bits per heavy atom. The molecule has 1 heterocycles. The van der Waals surface area contributed by atoms with E-state index in [0.717, 1.165) is 22.2 Å². The van der Waals surface area contributed by atoms with E-state index in [4.69, 9.17) is 20.7 Å². The van der Waals surface area contributed by atoms with E-state index in [1.807, 2.05) is 72.8 Å². The Morgan fingerprint density at radius 3 is 2.35 bits per heavy atom. The molecule has 0 aliphatic heterocycles. The van der Waals surface area contributed by atoms with Crippen LogP contribution in [0, 0.1) is 5.41 Å². The van der Waals surface area contributed by atoms with Crippen molar-refractivity contribution in [3.8, 4) is 11.5 Å². The van der Waals surface area contributed by atoms with Crippen molar-refractivity contribution in [2.45, 2.75) is 13.2 Å². The highest BCUT2D eigenvalue weighted by Gasteiger charge is 2.04. The van der Waals surface area contributed by atoms with E-state index < -0.39 is 0 Å². The zero-order valence-corrected chi connectivity index (χ0v) is 16.7. The Kier molecular flexibility index (Phi) is 6.13. The lowest BCUT2D eigenvalue weighted by molar-refractivity contribution is 0.288. The maximum Gasteiger partial charge on any atom is 0.176 e. The number of fused-ring (bicyclic) bond motifs is 1. The summed E-state index contributed by atoms with van der Waals surface area (Å²) in [4.78, 5) is 4.63. The molecule has 0 amide bonds. The predicted octanol–water partition coefficient (Wildman–Crippen LogP) is 5.04. The average molecular weight is 411 g/mol. The second kappa shape index (κ2) is 9.49. The zero-order chi connectivity index (χ0) is 21.5. The van der Waals surface area contributed by atoms with Crippen molar-refractivity contribution in [2.75, 3.05) is 0 Å². The Hall–Kier alpha value is -4.26. The lowest BCUT2D eigenvalue weighted by atomic mass is 10.1. The van der Waals surface area contributed by atoms with Crippen LogP contribution in [0.2, 0.25) is 0 Å². The maximum atomic E-state index is 7.71. The molecule has 31 heavy (non-hydrogen) atoms. The topological polar surface area (TPSA) is 106 Å². The van der Waals surface area contributed by atoms with Crippen LogP contribution in [0.1, 0.15) is 16.8 Å². The first-order chi connectivity index (χ1) is 15.2. The Balaban J connectivity index is 1.35. The number of hydrogen-bond donors (Lipinski definition) is 2.